The molecule has 0 saturated heterocycles. The minimum absolute atomic E-state index is 0.126. The zero-order valence-corrected chi connectivity index (χ0v) is 10.5. The van der Waals surface area contributed by atoms with Gasteiger partial charge in [0, 0.05) is 12.5 Å². The number of hydrogen-bond acceptors (Lipinski definition) is 1. The predicted octanol–water partition coefficient (Wildman–Crippen LogP) is 3.80. The molecule has 1 nitrogen and oxygen atoms in total. The first-order chi connectivity index (χ1) is 7.78. The normalized spacial score (nSPS) is 13.8. The maximum Gasteiger partial charge on any atom is 0.389 e. The van der Waals surface area contributed by atoms with Gasteiger partial charge in [-0.1, -0.05) is 6.07 Å². The zero-order chi connectivity index (χ0) is 13.1. The maximum absolute atomic E-state index is 12.9. The minimum Gasteiger partial charge on any atom is -0.327 e. The SMILES string of the molecule is NC(CCC(F)(F)F)Cc1ccc(F)c(Br)c1. The van der Waals surface area contributed by atoms with Crippen LogP contribution in [0, 0.1) is 5.82 Å². The lowest BCUT2D eigenvalue weighted by Gasteiger charge is -2.13. The van der Waals surface area contributed by atoms with Crippen LogP contribution in [0.2, 0.25) is 0 Å². The van der Waals surface area contributed by atoms with Gasteiger partial charge in [0.25, 0.3) is 0 Å². The van der Waals surface area contributed by atoms with E-state index >= 15 is 0 Å². The molecule has 0 heterocycles. The molecule has 6 heteroatoms. The molecule has 0 aliphatic carbocycles. The van der Waals surface area contributed by atoms with E-state index in [0.29, 0.717) is 12.0 Å². The van der Waals surface area contributed by atoms with Crippen LogP contribution >= 0.6 is 15.9 Å². The van der Waals surface area contributed by atoms with Gasteiger partial charge >= 0.3 is 6.18 Å². The van der Waals surface area contributed by atoms with Gasteiger partial charge in [0.1, 0.15) is 5.82 Å². The van der Waals surface area contributed by atoms with Crippen LogP contribution in [0.3, 0.4) is 0 Å². The number of nitrogens with two attached hydrogens (primary N) is 1. The number of hydrogen-bond donors (Lipinski definition) is 1. The molecule has 0 spiro atoms. The first-order valence-corrected chi connectivity index (χ1v) is 5.83. The summed E-state index contributed by atoms with van der Waals surface area (Å²) in [5.74, 6) is -0.405. The van der Waals surface area contributed by atoms with E-state index < -0.39 is 24.5 Å². The van der Waals surface area contributed by atoms with Gasteiger partial charge in [-0.15, -0.1) is 0 Å². The van der Waals surface area contributed by atoms with E-state index in [1.165, 1.54) is 18.2 Å². The molecule has 0 aliphatic heterocycles. The second-order valence-corrected chi connectivity index (χ2v) is 4.72. The van der Waals surface area contributed by atoms with Crippen LogP contribution < -0.4 is 5.73 Å². The van der Waals surface area contributed by atoms with Gasteiger partial charge in [0.05, 0.1) is 4.47 Å². The molecule has 1 atom stereocenters. The molecule has 1 unspecified atom stereocenters. The molecule has 17 heavy (non-hydrogen) atoms. The van der Waals surface area contributed by atoms with Gasteiger partial charge in [-0.25, -0.2) is 4.39 Å². The Morgan fingerprint density at radius 3 is 2.47 bits per heavy atom. The van der Waals surface area contributed by atoms with Crippen LogP contribution in [0.25, 0.3) is 0 Å². The number of alkyl halides is 3. The fourth-order valence-corrected chi connectivity index (χ4v) is 1.85. The highest BCUT2D eigenvalue weighted by molar-refractivity contribution is 9.10. The largest absolute Gasteiger partial charge is 0.389 e. The summed E-state index contributed by atoms with van der Waals surface area (Å²) in [6.45, 7) is 0. The van der Waals surface area contributed by atoms with Gasteiger partial charge in [-0.05, 0) is 46.5 Å². The maximum atomic E-state index is 12.9. The minimum atomic E-state index is -4.18. The third kappa shape index (κ3) is 5.50. The summed E-state index contributed by atoms with van der Waals surface area (Å²) in [5.41, 5.74) is 6.31. The van der Waals surface area contributed by atoms with E-state index in [-0.39, 0.29) is 10.9 Å². The highest BCUT2D eigenvalue weighted by Gasteiger charge is 2.27. The lowest BCUT2D eigenvalue weighted by atomic mass is 10.0. The molecule has 0 aromatic heterocycles. The summed E-state index contributed by atoms with van der Waals surface area (Å²) in [5, 5.41) is 0. The van der Waals surface area contributed by atoms with E-state index in [1.54, 1.807) is 0 Å². The van der Waals surface area contributed by atoms with Crippen molar-refractivity contribution in [2.45, 2.75) is 31.5 Å². The fraction of sp³-hybridized carbons (Fsp3) is 0.455. The van der Waals surface area contributed by atoms with Crippen molar-refractivity contribution in [3.63, 3.8) is 0 Å². The van der Waals surface area contributed by atoms with Gasteiger partial charge < -0.3 is 5.73 Å². The van der Waals surface area contributed by atoms with Crippen molar-refractivity contribution >= 4 is 15.9 Å². The molecule has 1 rings (SSSR count). The van der Waals surface area contributed by atoms with Crippen molar-refractivity contribution in [1.29, 1.82) is 0 Å². The van der Waals surface area contributed by atoms with Crippen molar-refractivity contribution in [2.75, 3.05) is 0 Å². The second-order valence-electron chi connectivity index (χ2n) is 3.87. The van der Waals surface area contributed by atoms with Gasteiger partial charge in [0.2, 0.25) is 0 Å². The first-order valence-electron chi connectivity index (χ1n) is 5.04. The fourth-order valence-electron chi connectivity index (χ4n) is 1.42. The van der Waals surface area contributed by atoms with E-state index in [4.69, 9.17) is 5.73 Å². The van der Waals surface area contributed by atoms with Crippen LogP contribution in [0.5, 0.6) is 0 Å². The number of rotatable bonds is 4. The Balaban J connectivity index is 2.50. The average molecular weight is 314 g/mol. The standard InChI is InChI=1S/C11H12BrF4N/c12-9-6-7(1-2-10(9)13)5-8(17)3-4-11(14,15)16/h1-2,6,8H,3-5,17H2. The van der Waals surface area contributed by atoms with Crippen LogP contribution in [-0.2, 0) is 6.42 Å². The summed E-state index contributed by atoms with van der Waals surface area (Å²) < 4.78 is 49.1. The first kappa shape index (κ1) is 14.4. The Kier molecular flexibility index (Phi) is 4.94. The van der Waals surface area contributed by atoms with Crippen LogP contribution in [0.15, 0.2) is 22.7 Å². The quantitative estimate of drug-likeness (QED) is 0.841. The zero-order valence-electron chi connectivity index (χ0n) is 8.90. The Bertz CT molecular complexity index is 378. The van der Waals surface area contributed by atoms with Crippen molar-refractivity contribution in [2.24, 2.45) is 5.73 Å². The Labute approximate surface area is 105 Å². The van der Waals surface area contributed by atoms with Crippen molar-refractivity contribution in [3.8, 4) is 0 Å². The lowest BCUT2D eigenvalue weighted by molar-refractivity contribution is -0.136. The summed E-state index contributed by atoms with van der Waals surface area (Å²) in [7, 11) is 0. The van der Waals surface area contributed by atoms with Crippen molar-refractivity contribution in [3.05, 3.63) is 34.1 Å². The van der Waals surface area contributed by atoms with Gasteiger partial charge in [0.15, 0.2) is 0 Å². The van der Waals surface area contributed by atoms with Gasteiger partial charge in [-0.3, -0.25) is 0 Å². The summed E-state index contributed by atoms with van der Waals surface area (Å²) in [4.78, 5) is 0. The number of benzene rings is 1. The average Bonchev–Trinajstić information content (AvgIpc) is 2.20. The lowest BCUT2D eigenvalue weighted by Crippen LogP contribution is -2.25. The molecule has 0 saturated carbocycles. The third-order valence-corrected chi connectivity index (χ3v) is 2.89. The van der Waals surface area contributed by atoms with Crippen LogP contribution in [0.4, 0.5) is 17.6 Å². The number of halogens is 5. The Morgan fingerprint density at radius 1 is 1.29 bits per heavy atom. The van der Waals surface area contributed by atoms with E-state index in [9.17, 15) is 17.6 Å². The van der Waals surface area contributed by atoms with E-state index in [0.717, 1.165) is 0 Å². The predicted molar refractivity (Wildman–Crippen MR) is 61.1 cm³/mol. The molecule has 0 radical (unpaired) electrons. The van der Waals surface area contributed by atoms with Crippen molar-refractivity contribution in [1.82, 2.24) is 0 Å². The topological polar surface area (TPSA) is 26.0 Å². The molecule has 1 aromatic rings. The van der Waals surface area contributed by atoms with Gasteiger partial charge in [-0.2, -0.15) is 13.2 Å². The molecular formula is C11H12BrF4N. The molecule has 0 fully saturated rings. The second kappa shape index (κ2) is 5.82. The Morgan fingerprint density at radius 2 is 1.94 bits per heavy atom. The Hall–Kier alpha value is -0.620. The summed E-state index contributed by atoms with van der Waals surface area (Å²) in [6.07, 6.45) is -4.90. The van der Waals surface area contributed by atoms with E-state index in [2.05, 4.69) is 15.9 Å². The van der Waals surface area contributed by atoms with E-state index in [1.807, 2.05) is 0 Å². The summed E-state index contributed by atoms with van der Waals surface area (Å²) in [6, 6.07) is 3.74. The van der Waals surface area contributed by atoms with Crippen molar-refractivity contribution < 1.29 is 17.6 Å². The summed E-state index contributed by atoms with van der Waals surface area (Å²) >= 11 is 3.01. The van der Waals surface area contributed by atoms with Crippen LogP contribution in [0.1, 0.15) is 18.4 Å². The molecule has 0 bridgehead atoms. The monoisotopic (exact) mass is 313 g/mol. The molecule has 96 valence electrons. The third-order valence-electron chi connectivity index (χ3n) is 2.28. The molecule has 1 aromatic carbocycles. The van der Waals surface area contributed by atoms with Crippen LogP contribution in [-0.4, -0.2) is 12.2 Å². The molecule has 0 amide bonds. The highest BCUT2D eigenvalue weighted by Crippen LogP contribution is 2.23. The smallest absolute Gasteiger partial charge is 0.327 e. The molecule has 2 N–H and O–H groups in total. The molecule has 0 aliphatic rings. The highest BCUT2D eigenvalue weighted by atomic mass is 79.9. The molecular weight excluding hydrogens is 302 g/mol.